The summed E-state index contributed by atoms with van der Waals surface area (Å²) in [5.74, 6) is 0.708. The largest absolute Gasteiger partial charge is 0.448 e. The van der Waals surface area contributed by atoms with Crippen molar-refractivity contribution in [1.29, 1.82) is 0 Å². The van der Waals surface area contributed by atoms with E-state index in [-0.39, 0.29) is 0 Å². The summed E-state index contributed by atoms with van der Waals surface area (Å²) in [6.07, 6.45) is 2.39. The van der Waals surface area contributed by atoms with Gasteiger partial charge in [0.1, 0.15) is 12.0 Å². The number of aryl methyl sites for hydroxylation is 3. The van der Waals surface area contributed by atoms with Crippen LogP contribution in [-0.2, 0) is 6.42 Å². The maximum absolute atomic E-state index is 5.48. The van der Waals surface area contributed by atoms with Crippen molar-refractivity contribution in [3.8, 4) is 11.3 Å². The summed E-state index contributed by atoms with van der Waals surface area (Å²) in [6, 6.07) is 4.34. The van der Waals surface area contributed by atoms with Gasteiger partial charge >= 0.3 is 0 Å². The van der Waals surface area contributed by atoms with Gasteiger partial charge in [-0.15, -0.1) is 0 Å². The van der Waals surface area contributed by atoms with E-state index >= 15 is 0 Å². The van der Waals surface area contributed by atoms with E-state index in [0.717, 1.165) is 11.3 Å². The zero-order valence-corrected chi connectivity index (χ0v) is 10.6. The van der Waals surface area contributed by atoms with E-state index < -0.39 is 0 Å². The van der Waals surface area contributed by atoms with Crippen LogP contribution >= 0.6 is 0 Å². The monoisotopic (exact) mass is 230 g/mol. The fourth-order valence-electron chi connectivity index (χ4n) is 1.91. The van der Waals surface area contributed by atoms with Gasteiger partial charge in [-0.25, -0.2) is 4.98 Å². The molecule has 1 heterocycles. The van der Waals surface area contributed by atoms with Gasteiger partial charge < -0.3 is 10.2 Å². The van der Waals surface area contributed by atoms with Crippen LogP contribution in [0.1, 0.15) is 22.6 Å². The quantitative estimate of drug-likeness (QED) is 0.882. The molecule has 0 fully saturated rings. The number of rotatable bonds is 3. The first-order valence-corrected chi connectivity index (χ1v) is 5.84. The number of nitrogens with two attached hydrogens (primary N) is 1. The standard InChI is InChI=1S/C14H18N2O/c1-9-6-11(3)12(7-10(9)2)13-8-17-14(16-13)4-5-15/h6-8H,4-5,15H2,1-3H3. The van der Waals surface area contributed by atoms with Gasteiger partial charge in [-0.2, -0.15) is 0 Å². The van der Waals surface area contributed by atoms with Crippen LogP contribution in [0.5, 0.6) is 0 Å². The van der Waals surface area contributed by atoms with E-state index in [1.54, 1.807) is 6.26 Å². The lowest BCUT2D eigenvalue weighted by molar-refractivity contribution is 0.496. The zero-order chi connectivity index (χ0) is 12.4. The Balaban J connectivity index is 2.41. The second-order valence-corrected chi connectivity index (χ2v) is 4.42. The Morgan fingerprint density at radius 3 is 2.53 bits per heavy atom. The van der Waals surface area contributed by atoms with Gasteiger partial charge in [0.05, 0.1) is 0 Å². The fourth-order valence-corrected chi connectivity index (χ4v) is 1.91. The molecule has 2 rings (SSSR count). The highest BCUT2D eigenvalue weighted by Gasteiger charge is 2.09. The first-order chi connectivity index (χ1) is 8.11. The highest BCUT2D eigenvalue weighted by Crippen LogP contribution is 2.25. The average Bonchev–Trinajstić information content (AvgIpc) is 2.72. The van der Waals surface area contributed by atoms with Crippen molar-refractivity contribution < 1.29 is 4.42 Å². The Morgan fingerprint density at radius 1 is 1.12 bits per heavy atom. The third kappa shape index (κ3) is 2.39. The molecular weight excluding hydrogens is 212 g/mol. The van der Waals surface area contributed by atoms with Gasteiger partial charge in [0.25, 0.3) is 0 Å². The third-order valence-electron chi connectivity index (χ3n) is 3.03. The summed E-state index contributed by atoms with van der Waals surface area (Å²) in [5, 5.41) is 0. The molecule has 2 aromatic rings. The van der Waals surface area contributed by atoms with Gasteiger partial charge in [0, 0.05) is 18.5 Å². The van der Waals surface area contributed by atoms with Crippen LogP contribution in [0.15, 0.2) is 22.8 Å². The molecule has 90 valence electrons. The summed E-state index contributed by atoms with van der Waals surface area (Å²) >= 11 is 0. The summed E-state index contributed by atoms with van der Waals surface area (Å²) < 4.78 is 5.39. The second-order valence-electron chi connectivity index (χ2n) is 4.42. The minimum Gasteiger partial charge on any atom is -0.448 e. The van der Waals surface area contributed by atoms with Crippen molar-refractivity contribution in [2.75, 3.05) is 6.54 Å². The summed E-state index contributed by atoms with van der Waals surface area (Å²) in [4.78, 5) is 4.46. The lowest BCUT2D eigenvalue weighted by atomic mass is 9.99. The molecule has 0 saturated carbocycles. The molecule has 0 radical (unpaired) electrons. The van der Waals surface area contributed by atoms with Crippen LogP contribution in [0.2, 0.25) is 0 Å². The predicted octanol–water partition coefficient (Wildman–Crippen LogP) is 2.77. The molecule has 0 amide bonds. The molecule has 17 heavy (non-hydrogen) atoms. The Morgan fingerprint density at radius 2 is 1.82 bits per heavy atom. The smallest absolute Gasteiger partial charge is 0.195 e. The molecule has 1 aromatic heterocycles. The summed E-state index contributed by atoms with van der Waals surface area (Å²) in [5.41, 5.74) is 11.3. The maximum Gasteiger partial charge on any atom is 0.195 e. The number of aromatic nitrogens is 1. The normalized spacial score (nSPS) is 10.8. The van der Waals surface area contributed by atoms with Crippen LogP contribution in [0, 0.1) is 20.8 Å². The molecule has 3 heteroatoms. The number of hydrogen-bond acceptors (Lipinski definition) is 3. The number of nitrogens with zero attached hydrogens (tertiary/aromatic N) is 1. The molecule has 0 atom stereocenters. The van der Waals surface area contributed by atoms with Crippen molar-refractivity contribution in [3.05, 3.63) is 41.0 Å². The Hall–Kier alpha value is -1.61. The maximum atomic E-state index is 5.48. The predicted molar refractivity (Wildman–Crippen MR) is 68.9 cm³/mol. The van der Waals surface area contributed by atoms with Crippen LogP contribution in [-0.4, -0.2) is 11.5 Å². The molecule has 0 spiro atoms. The lowest BCUT2D eigenvalue weighted by Crippen LogP contribution is -2.02. The van der Waals surface area contributed by atoms with Crippen LogP contribution in [0.25, 0.3) is 11.3 Å². The van der Waals surface area contributed by atoms with E-state index in [2.05, 4.69) is 37.9 Å². The van der Waals surface area contributed by atoms with Crippen molar-refractivity contribution in [3.63, 3.8) is 0 Å². The van der Waals surface area contributed by atoms with E-state index in [1.807, 2.05) is 0 Å². The van der Waals surface area contributed by atoms with Crippen molar-refractivity contribution in [1.82, 2.24) is 4.98 Å². The van der Waals surface area contributed by atoms with Crippen molar-refractivity contribution in [2.45, 2.75) is 27.2 Å². The van der Waals surface area contributed by atoms with E-state index in [4.69, 9.17) is 10.2 Å². The molecular formula is C14H18N2O. The summed E-state index contributed by atoms with van der Waals surface area (Å²) in [7, 11) is 0. The van der Waals surface area contributed by atoms with Gasteiger partial charge in [-0.3, -0.25) is 0 Å². The molecule has 0 saturated heterocycles. The molecule has 0 aliphatic rings. The van der Waals surface area contributed by atoms with Crippen molar-refractivity contribution >= 4 is 0 Å². The SMILES string of the molecule is Cc1cc(C)c(-c2coc(CCN)n2)cc1C. The summed E-state index contributed by atoms with van der Waals surface area (Å²) in [6.45, 7) is 6.89. The lowest BCUT2D eigenvalue weighted by Gasteiger charge is -2.06. The number of hydrogen-bond donors (Lipinski definition) is 1. The molecule has 0 unspecified atom stereocenters. The third-order valence-corrected chi connectivity index (χ3v) is 3.03. The van der Waals surface area contributed by atoms with E-state index in [1.165, 1.54) is 16.7 Å². The molecule has 3 nitrogen and oxygen atoms in total. The molecule has 0 aliphatic carbocycles. The average molecular weight is 230 g/mol. The Bertz CT molecular complexity index is 529. The highest BCUT2D eigenvalue weighted by atomic mass is 16.3. The molecule has 0 bridgehead atoms. The zero-order valence-electron chi connectivity index (χ0n) is 10.6. The van der Waals surface area contributed by atoms with E-state index in [0.29, 0.717) is 18.9 Å². The van der Waals surface area contributed by atoms with E-state index in [9.17, 15) is 0 Å². The van der Waals surface area contributed by atoms with Gasteiger partial charge in [0.15, 0.2) is 5.89 Å². The number of oxazole rings is 1. The van der Waals surface area contributed by atoms with Crippen LogP contribution < -0.4 is 5.73 Å². The minimum atomic E-state index is 0.561. The Labute approximate surface area is 102 Å². The van der Waals surface area contributed by atoms with Gasteiger partial charge in [0.2, 0.25) is 0 Å². The van der Waals surface area contributed by atoms with Crippen LogP contribution in [0.3, 0.4) is 0 Å². The number of benzene rings is 1. The highest BCUT2D eigenvalue weighted by molar-refractivity contribution is 5.64. The molecule has 0 aliphatic heterocycles. The van der Waals surface area contributed by atoms with Gasteiger partial charge in [-0.1, -0.05) is 6.07 Å². The first kappa shape index (κ1) is 11.9. The molecule has 1 aromatic carbocycles. The molecule has 2 N–H and O–H groups in total. The first-order valence-electron chi connectivity index (χ1n) is 5.84. The van der Waals surface area contributed by atoms with Gasteiger partial charge in [-0.05, 0) is 43.5 Å². The fraction of sp³-hybridized carbons (Fsp3) is 0.357. The minimum absolute atomic E-state index is 0.561. The second kappa shape index (κ2) is 4.72. The Kier molecular flexibility index (Phi) is 3.29. The van der Waals surface area contributed by atoms with Crippen LogP contribution in [0.4, 0.5) is 0 Å². The van der Waals surface area contributed by atoms with Crippen molar-refractivity contribution in [2.24, 2.45) is 5.73 Å². The topological polar surface area (TPSA) is 52.0 Å².